The van der Waals surface area contributed by atoms with E-state index >= 15 is 0 Å². The van der Waals surface area contributed by atoms with E-state index in [4.69, 9.17) is 32.7 Å². The molecule has 0 bridgehead atoms. The van der Waals surface area contributed by atoms with Crippen molar-refractivity contribution in [3.05, 3.63) is 22.2 Å². The Bertz CT molecular complexity index is 356. The quantitative estimate of drug-likeness (QED) is 0.816. The predicted molar refractivity (Wildman–Crippen MR) is 67.1 cm³/mol. The molecule has 0 N–H and O–H groups in total. The fourth-order valence-electron chi connectivity index (χ4n) is 1.12. The van der Waals surface area contributed by atoms with Gasteiger partial charge in [-0.05, 0) is 20.2 Å². The van der Waals surface area contributed by atoms with Crippen LogP contribution in [0.3, 0.4) is 0 Å². The van der Waals surface area contributed by atoms with Crippen LogP contribution in [0.1, 0.15) is 0 Å². The number of likely N-dealkylation sites (N-methyl/N-ethyl adjacent to an activating group) is 1. The first-order valence-electron chi connectivity index (χ1n) is 4.85. The van der Waals surface area contributed by atoms with Gasteiger partial charge in [-0.3, -0.25) is 0 Å². The Morgan fingerprint density at radius 2 is 1.75 bits per heavy atom. The van der Waals surface area contributed by atoms with Crippen molar-refractivity contribution in [3.63, 3.8) is 0 Å². The largest absolute Gasteiger partial charge is 0.495 e. The molecule has 0 radical (unpaired) electrons. The van der Waals surface area contributed by atoms with E-state index < -0.39 is 0 Å². The highest BCUT2D eigenvalue weighted by atomic mass is 35.5. The summed E-state index contributed by atoms with van der Waals surface area (Å²) in [5.41, 5.74) is 0. The average Bonchev–Trinajstić information content (AvgIpc) is 2.20. The highest BCUT2D eigenvalue weighted by Gasteiger charge is 2.08. The molecule has 0 saturated heterocycles. The lowest BCUT2D eigenvalue weighted by molar-refractivity contribution is 0.260. The van der Waals surface area contributed by atoms with Gasteiger partial charge in [0, 0.05) is 12.6 Å². The lowest BCUT2D eigenvalue weighted by atomic mass is 10.3. The average molecular weight is 264 g/mol. The molecule has 0 aromatic heterocycles. The fraction of sp³-hybridized carbons (Fsp3) is 0.455. The normalized spacial score (nSPS) is 10.6. The van der Waals surface area contributed by atoms with Crippen LogP contribution in [-0.4, -0.2) is 39.3 Å². The molecule has 0 amide bonds. The number of methoxy groups -OCH3 is 1. The monoisotopic (exact) mass is 263 g/mol. The van der Waals surface area contributed by atoms with Gasteiger partial charge in [0.1, 0.15) is 18.1 Å². The van der Waals surface area contributed by atoms with Crippen molar-refractivity contribution in [2.45, 2.75) is 0 Å². The predicted octanol–water partition coefficient (Wildman–Crippen LogP) is 2.94. The van der Waals surface area contributed by atoms with Crippen molar-refractivity contribution in [1.29, 1.82) is 0 Å². The molecule has 3 nitrogen and oxygen atoms in total. The van der Waals surface area contributed by atoms with Gasteiger partial charge in [0.2, 0.25) is 0 Å². The molecule has 0 aliphatic rings. The van der Waals surface area contributed by atoms with Crippen LogP contribution in [0.4, 0.5) is 0 Å². The summed E-state index contributed by atoms with van der Waals surface area (Å²) in [6.45, 7) is 1.39. The molecule has 1 aromatic rings. The highest BCUT2D eigenvalue weighted by molar-refractivity contribution is 6.36. The molecular weight excluding hydrogens is 249 g/mol. The van der Waals surface area contributed by atoms with E-state index in [2.05, 4.69) is 0 Å². The molecule has 0 heterocycles. The number of hydrogen-bond donors (Lipinski definition) is 0. The number of nitrogens with zero attached hydrogens (tertiary/aromatic N) is 1. The van der Waals surface area contributed by atoms with E-state index in [-0.39, 0.29) is 0 Å². The summed E-state index contributed by atoms with van der Waals surface area (Å²) in [5.74, 6) is 1.15. The Hall–Kier alpha value is -0.640. The van der Waals surface area contributed by atoms with Crippen molar-refractivity contribution in [1.82, 2.24) is 4.90 Å². The van der Waals surface area contributed by atoms with Crippen LogP contribution in [0, 0.1) is 0 Å². The fourth-order valence-corrected chi connectivity index (χ4v) is 1.63. The zero-order valence-electron chi connectivity index (χ0n) is 9.59. The van der Waals surface area contributed by atoms with Gasteiger partial charge in [-0.25, -0.2) is 0 Å². The number of ether oxygens (including phenoxy) is 2. The van der Waals surface area contributed by atoms with E-state index in [0.29, 0.717) is 28.2 Å². The maximum Gasteiger partial charge on any atom is 0.141 e. The molecule has 0 saturated carbocycles. The Morgan fingerprint density at radius 1 is 1.12 bits per heavy atom. The summed E-state index contributed by atoms with van der Waals surface area (Å²) in [4.78, 5) is 2.03. The first kappa shape index (κ1) is 13.4. The van der Waals surface area contributed by atoms with Crippen LogP contribution >= 0.6 is 23.2 Å². The summed E-state index contributed by atoms with van der Waals surface area (Å²) in [6, 6.07) is 3.31. The third-order valence-corrected chi connectivity index (χ3v) is 2.59. The summed E-state index contributed by atoms with van der Waals surface area (Å²) in [6.07, 6.45) is 0. The molecule has 0 spiro atoms. The molecule has 0 atom stereocenters. The smallest absolute Gasteiger partial charge is 0.141 e. The second-order valence-electron chi connectivity index (χ2n) is 3.57. The molecule has 5 heteroatoms. The van der Waals surface area contributed by atoms with Crippen molar-refractivity contribution in [3.8, 4) is 11.5 Å². The SMILES string of the molecule is COc1cc(OCCN(C)C)c(Cl)cc1Cl. The number of rotatable bonds is 5. The van der Waals surface area contributed by atoms with Gasteiger partial charge in [-0.15, -0.1) is 0 Å². The summed E-state index contributed by atoms with van der Waals surface area (Å²) in [7, 11) is 5.51. The second kappa shape index (κ2) is 6.18. The van der Waals surface area contributed by atoms with Crippen LogP contribution in [0.2, 0.25) is 10.0 Å². The molecule has 1 rings (SSSR count). The van der Waals surface area contributed by atoms with Gasteiger partial charge >= 0.3 is 0 Å². The summed E-state index contributed by atoms with van der Waals surface area (Å²) >= 11 is 11.9. The van der Waals surface area contributed by atoms with Crippen LogP contribution in [0.15, 0.2) is 12.1 Å². The lowest BCUT2D eigenvalue weighted by Gasteiger charge is -2.13. The third kappa shape index (κ3) is 3.74. The standard InChI is InChI=1S/C11H15Cl2NO2/c1-14(2)4-5-16-11-7-10(15-3)8(12)6-9(11)13/h6-7H,4-5H2,1-3H3. The maximum atomic E-state index is 6.00. The van der Waals surface area contributed by atoms with Crippen molar-refractivity contribution >= 4 is 23.2 Å². The summed E-state index contributed by atoms with van der Waals surface area (Å²) < 4.78 is 10.6. The van der Waals surface area contributed by atoms with Gasteiger partial charge < -0.3 is 14.4 Å². The minimum atomic E-state index is 0.479. The topological polar surface area (TPSA) is 21.7 Å². The number of benzene rings is 1. The van der Waals surface area contributed by atoms with Crippen LogP contribution in [-0.2, 0) is 0 Å². The third-order valence-electron chi connectivity index (χ3n) is 2.00. The van der Waals surface area contributed by atoms with Crippen molar-refractivity contribution < 1.29 is 9.47 Å². The van der Waals surface area contributed by atoms with Gasteiger partial charge in [0.05, 0.1) is 17.2 Å². The van der Waals surface area contributed by atoms with Crippen molar-refractivity contribution in [2.24, 2.45) is 0 Å². The van der Waals surface area contributed by atoms with Gasteiger partial charge in [0.15, 0.2) is 0 Å². The zero-order chi connectivity index (χ0) is 12.1. The van der Waals surface area contributed by atoms with E-state index in [0.717, 1.165) is 6.54 Å². The van der Waals surface area contributed by atoms with E-state index in [1.807, 2.05) is 19.0 Å². The van der Waals surface area contributed by atoms with Gasteiger partial charge in [-0.2, -0.15) is 0 Å². The van der Waals surface area contributed by atoms with E-state index in [1.54, 1.807) is 19.2 Å². The lowest BCUT2D eigenvalue weighted by Crippen LogP contribution is -2.19. The molecule has 16 heavy (non-hydrogen) atoms. The number of hydrogen-bond acceptors (Lipinski definition) is 3. The number of halogens is 2. The van der Waals surface area contributed by atoms with Crippen molar-refractivity contribution in [2.75, 3.05) is 34.4 Å². The van der Waals surface area contributed by atoms with Gasteiger partial charge in [0.25, 0.3) is 0 Å². The first-order chi connectivity index (χ1) is 7.54. The second-order valence-corrected chi connectivity index (χ2v) is 4.38. The molecule has 1 aromatic carbocycles. The summed E-state index contributed by atoms with van der Waals surface area (Å²) in [5, 5.41) is 0.969. The molecular formula is C11H15Cl2NO2. The van der Waals surface area contributed by atoms with E-state index in [9.17, 15) is 0 Å². The van der Waals surface area contributed by atoms with Gasteiger partial charge in [-0.1, -0.05) is 23.2 Å². The highest BCUT2D eigenvalue weighted by Crippen LogP contribution is 2.35. The first-order valence-corrected chi connectivity index (χ1v) is 5.60. The minimum Gasteiger partial charge on any atom is -0.495 e. The Balaban J connectivity index is 2.72. The molecule has 0 unspecified atom stereocenters. The molecule has 0 aliphatic carbocycles. The molecule has 0 fully saturated rings. The molecule has 90 valence electrons. The molecule has 0 aliphatic heterocycles. The van der Waals surface area contributed by atoms with Crippen LogP contribution < -0.4 is 9.47 Å². The van der Waals surface area contributed by atoms with Crippen LogP contribution in [0.5, 0.6) is 11.5 Å². The zero-order valence-corrected chi connectivity index (χ0v) is 11.1. The van der Waals surface area contributed by atoms with Crippen LogP contribution in [0.25, 0.3) is 0 Å². The Morgan fingerprint density at radius 3 is 2.31 bits per heavy atom. The Labute approximate surface area is 106 Å². The van der Waals surface area contributed by atoms with E-state index in [1.165, 1.54) is 0 Å². The Kier molecular flexibility index (Phi) is 5.19. The minimum absolute atomic E-state index is 0.479. The maximum absolute atomic E-state index is 6.00.